The number of aromatic nitrogens is 1. The maximum Gasteiger partial charge on any atom is 0.319 e. The van der Waals surface area contributed by atoms with Crippen LogP contribution in [0.5, 0.6) is 5.75 Å². The molecule has 0 fully saturated rings. The Morgan fingerprint density at radius 2 is 2.03 bits per heavy atom. The van der Waals surface area contributed by atoms with Gasteiger partial charge >= 0.3 is 6.03 Å². The SMILES string of the molecule is CO[C@H]1CN(C)C(=O)c2cc(NC(=O)NC(C)C)ccc2OC[C@H](C)N(Cc2cccnc2)C[C@@H]1C. The van der Waals surface area contributed by atoms with E-state index < -0.39 is 0 Å². The fraction of sp³-hybridized carbons (Fsp3) is 0.519. The Morgan fingerprint density at radius 3 is 2.69 bits per heavy atom. The number of urea groups is 1. The van der Waals surface area contributed by atoms with Crippen molar-refractivity contribution < 1.29 is 19.1 Å². The number of likely N-dealkylation sites (N-methyl/N-ethyl adjacent to an activating group) is 1. The van der Waals surface area contributed by atoms with Gasteiger partial charge in [0.25, 0.3) is 5.91 Å². The molecule has 0 spiro atoms. The first kappa shape index (κ1) is 27.4. The van der Waals surface area contributed by atoms with Gasteiger partial charge in [-0.15, -0.1) is 0 Å². The molecule has 1 aliphatic rings. The third-order valence-corrected chi connectivity index (χ3v) is 6.36. The summed E-state index contributed by atoms with van der Waals surface area (Å²) in [6.45, 7) is 10.4. The average Bonchev–Trinajstić information content (AvgIpc) is 2.84. The van der Waals surface area contributed by atoms with Gasteiger partial charge in [0.05, 0.1) is 11.7 Å². The molecule has 0 bridgehead atoms. The molecule has 3 rings (SSSR count). The predicted octanol–water partition coefficient (Wildman–Crippen LogP) is 3.62. The van der Waals surface area contributed by atoms with Crippen LogP contribution in [0.4, 0.5) is 10.5 Å². The summed E-state index contributed by atoms with van der Waals surface area (Å²) >= 11 is 0. The molecule has 2 N–H and O–H groups in total. The summed E-state index contributed by atoms with van der Waals surface area (Å²) < 4.78 is 12.0. The normalized spacial score (nSPS) is 21.7. The number of methoxy groups -OCH3 is 1. The molecular formula is C27H39N5O4. The fourth-order valence-corrected chi connectivity index (χ4v) is 4.31. The van der Waals surface area contributed by atoms with E-state index in [4.69, 9.17) is 9.47 Å². The molecule has 2 aromatic rings. The molecule has 0 saturated heterocycles. The topological polar surface area (TPSA) is 96.0 Å². The van der Waals surface area contributed by atoms with Gasteiger partial charge in [-0.05, 0) is 56.5 Å². The number of nitrogens with zero attached hydrogens (tertiary/aromatic N) is 3. The Bertz CT molecular complexity index is 1020. The van der Waals surface area contributed by atoms with Crippen molar-refractivity contribution in [1.82, 2.24) is 20.1 Å². The summed E-state index contributed by atoms with van der Waals surface area (Å²) in [5.41, 5.74) is 2.04. The lowest BCUT2D eigenvalue weighted by Gasteiger charge is -2.36. The van der Waals surface area contributed by atoms with Gasteiger partial charge in [-0.1, -0.05) is 13.0 Å². The molecule has 9 nitrogen and oxygen atoms in total. The van der Waals surface area contributed by atoms with E-state index in [1.165, 1.54) is 0 Å². The van der Waals surface area contributed by atoms with Gasteiger partial charge in [0.15, 0.2) is 0 Å². The number of anilines is 1. The Kier molecular flexibility index (Phi) is 9.66. The molecule has 36 heavy (non-hydrogen) atoms. The van der Waals surface area contributed by atoms with E-state index in [0.29, 0.717) is 30.2 Å². The van der Waals surface area contributed by atoms with Gasteiger partial charge in [-0.3, -0.25) is 14.7 Å². The molecule has 1 aromatic heterocycles. The summed E-state index contributed by atoms with van der Waals surface area (Å²) in [5, 5.41) is 5.59. The van der Waals surface area contributed by atoms with E-state index in [-0.39, 0.29) is 36.0 Å². The number of hydrogen-bond acceptors (Lipinski definition) is 6. The third-order valence-electron chi connectivity index (χ3n) is 6.36. The van der Waals surface area contributed by atoms with E-state index in [0.717, 1.165) is 18.7 Å². The van der Waals surface area contributed by atoms with Gasteiger partial charge in [-0.2, -0.15) is 0 Å². The predicted molar refractivity (Wildman–Crippen MR) is 140 cm³/mol. The zero-order valence-corrected chi connectivity index (χ0v) is 22.2. The lowest BCUT2D eigenvalue weighted by atomic mass is 10.0. The first-order valence-corrected chi connectivity index (χ1v) is 12.4. The molecule has 0 unspecified atom stereocenters. The maximum absolute atomic E-state index is 13.5. The summed E-state index contributed by atoms with van der Waals surface area (Å²) in [5.74, 6) is 0.459. The number of amides is 3. The van der Waals surface area contributed by atoms with Gasteiger partial charge < -0.3 is 25.0 Å². The van der Waals surface area contributed by atoms with Crippen molar-refractivity contribution >= 4 is 17.6 Å². The molecule has 2 heterocycles. The first-order chi connectivity index (χ1) is 17.2. The van der Waals surface area contributed by atoms with Crippen LogP contribution in [-0.4, -0.2) is 78.8 Å². The standard InChI is InChI=1S/C27H39N5O4/c1-18(2)29-27(34)30-22-9-10-24-23(12-22)26(33)31(5)16-25(35-6)19(3)14-32(20(4)17-36-24)15-21-8-7-11-28-13-21/h7-13,18-20,25H,14-17H2,1-6H3,(H2,29,30,34)/t19-,20-,25-/m0/s1. The van der Waals surface area contributed by atoms with Crippen molar-refractivity contribution in [3.63, 3.8) is 0 Å². The van der Waals surface area contributed by atoms with Crippen LogP contribution < -0.4 is 15.4 Å². The monoisotopic (exact) mass is 497 g/mol. The number of benzene rings is 1. The maximum atomic E-state index is 13.5. The van der Waals surface area contributed by atoms with Crippen molar-refractivity contribution in [2.75, 3.05) is 39.2 Å². The molecule has 3 amide bonds. The van der Waals surface area contributed by atoms with Crippen LogP contribution >= 0.6 is 0 Å². The average molecular weight is 498 g/mol. The number of carbonyl (C=O) groups is 2. The zero-order valence-electron chi connectivity index (χ0n) is 22.2. The molecule has 0 radical (unpaired) electrons. The summed E-state index contributed by atoms with van der Waals surface area (Å²) in [7, 11) is 3.45. The highest BCUT2D eigenvalue weighted by atomic mass is 16.5. The lowest BCUT2D eigenvalue weighted by molar-refractivity contribution is 0.00920. The van der Waals surface area contributed by atoms with Gasteiger partial charge in [0.1, 0.15) is 12.4 Å². The van der Waals surface area contributed by atoms with Crippen molar-refractivity contribution in [3.05, 3.63) is 53.9 Å². The minimum absolute atomic E-state index is 0.00514. The van der Waals surface area contributed by atoms with Crippen molar-refractivity contribution in [2.24, 2.45) is 5.92 Å². The quantitative estimate of drug-likeness (QED) is 0.655. The number of nitrogens with one attached hydrogen (secondary N) is 2. The van der Waals surface area contributed by atoms with Crippen molar-refractivity contribution in [2.45, 2.75) is 52.4 Å². The smallest absolute Gasteiger partial charge is 0.319 e. The summed E-state index contributed by atoms with van der Waals surface area (Å²) in [6, 6.07) is 8.91. The number of fused-ring (bicyclic) bond motifs is 1. The molecule has 1 aliphatic heterocycles. The zero-order chi connectivity index (χ0) is 26.2. The number of rotatable bonds is 5. The highest BCUT2D eigenvalue weighted by molar-refractivity contribution is 5.99. The van der Waals surface area contributed by atoms with Crippen molar-refractivity contribution in [1.29, 1.82) is 0 Å². The van der Waals surface area contributed by atoms with Gasteiger partial charge in [0, 0.05) is 64.0 Å². The van der Waals surface area contributed by atoms with Gasteiger partial charge in [0.2, 0.25) is 0 Å². The number of pyridine rings is 1. The first-order valence-electron chi connectivity index (χ1n) is 12.4. The van der Waals surface area contributed by atoms with Crippen LogP contribution in [0, 0.1) is 5.92 Å². The lowest BCUT2D eigenvalue weighted by Crippen LogP contribution is -2.46. The molecular weight excluding hydrogens is 458 g/mol. The summed E-state index contributed by atoms with van der Waals surface area (Å²) in [4.78, 5) is 34.0. The number of hydrogen-bond donors (Lipinski definition) is 2. The van der Waals surface area contributed by atoms with E-state index in [9.17, 15) is 9.59 Å². The fourth-order valence-electron chi connectivity index (χ4n) is 4.31. The highest BCUT2D eigenvalue weighted by Crippen LogP contribution is 2.27. The van der Waals surface area contributed by atoms with Crippen LogP contribution in [0.15, 0.2) is 42.7 Å². The molecule has 0 saturated carbocycles. The van der Waals surface area contributed by atoms with Crippen LogP contribution in [0.2, 0.25) is 0 Å². The van der Waals surface area contributed by atoms with Crippen LogP contribution in [0.3, 0.4) is 0 Å². The van der Waals surface area contributed by atoms with Crippen LogP contribution in [0.25, 0.3) is 0 Å². The molecule has 0 aliphatic carbocycles. The Labute approximate surface area is 214 Å². The second-order valence-electron chi connectivity index (χ2n) is 9.85. The van der Waals surface area contributed by atoms with Crippen molar-refractivity contribution in [3.8, 4) is 5.75 Å². The second-order valence-corrected chi connectivity index (χ2v) is 9.85. The minimum atomic E-state index is -0.326. The third kappa shape index (κ3) is 7.41. The highest BCUT2D eigenvalue weighted by Gasteiger charge is 2.28. The van der Waals surface area contributed by atoms with E-state index in [1.807, 2.05) is 26.1 Å². The Hall–Kier alpha value is -3.17. The molecule has 196 valence electrons. The molecule has 3 atom stereocenters. The van der Waals surface area contributed by atoms with Crippen LogP contribution in [-0.2, 0) is 11.3 Å². The van der Waals surface area contributed by atoms with E-state index in [1.54, 1.807) is 43.5 Å². The molecule has 9 heteroatoms. The van der Waals surface area contributed by atoms with Gasteiger partial charge in [-0.25, -0.2) is 4.79 Å². The van der Waals surface area contributed by atoms with E-state index >= 15 is 0 Å². The van der Waals surface area contributed by atoms with E-state index in [2.05, 4.69) is 40.4 Å². The van der Waals surface area contributed by atoms with Crippen LogP contribution in [0.1, 0.15) is 43.6 Å². The Morgan fingerprint density at radius 1 is 1.25 bits per heavy atom. The number of carbonyl (C=O) groups excluding carboxylic acids is 2. The largest absolute Gasteiger partial charge is 0.491 e. The number of ether oxygens (including phenoxy) is 2. The Balaban J connectivity index is 1.91. The summed E-state index contributed by atoms with van der Waals surface area (Å²) in [6.07, 6.45) is 3.51. The minimum Gasteiger partial charge on any atom is -0.491 e. The second kappa shape index (κ2) is 12.7. The molecule has 1 aromatic carbocycles.